The van der Waals surface area contributed by atoms with Gasteiger partial charge in [-0.2, -0.15) is 0 Å². The van der Waals surface area contributed by atoms with Crippen molar-refractivity contribution in [3.8, 4) is 5.75 Å². The molecule has 2 rings (SSSR count). The van der Waals surface area contributed by atoms with Gasteiger partial charge in [-0.25, -0.2) is 13.2 Å². The summed E-state index contributed by atoms with van der Waals surface area (Å²) in [6, 6.07) is 3.92. The Hall–Kier alpha value is -1.28. The number of alkyl halides is 2. The molecule has 134 valence electrons. The van der Waals surface area contributed by atoms with E-state index < -0.39 is 18.3 Å². The van der Waals surface area contributed by atoms with Gasteiger partial charge in [-0.3, -0.25) is 9.69 Å². The number of piperidine rings is 1. The van der Waals surface area contributed by atoms with E-state index in [9.17, 15) is 18.0 Å². The normalized spacial score (nSPS) is 17.8. The van der Waals surface area contributed by atoms with Gasteiger partial charge in [0.2, 0.25) is 0 Å². The monoisotopic (exact) mass is 408 g/mol. The number of nitrogens with zero attached hydrogens (tertiary/aromatic N) is 1. The average Bonchev–Trinajstić information content (AvgIpc) is 2.51. The van der Waals surface area contributed by atoms with Crippen molar-refractivity contribution in [2.75, 3.05) is 19.6 Å². The minimum Gasteiger partial charge on any atom is -0.480 e. The van der Waals surface area contributed by atoms with E-state index in [1.54, 1.807) is 11.8 Å². The molecule has 1 aliphatic rings. The Morgan fingerprint density at radius 3 is 2.67 bits per heavy atom. The van der Waals surface area contributed by atoms with Gasteiger partial charge in [-0.05, 0) is 53.9 Å². The number of hydrogen-bond donors (Lipinski definition) is 1. The lowest BCUT2D eigenvalue weighted by molar-refractivity contribution is -0.128. The minimum absolute atomic E-state index is 0.0471. The third-order valence-corrected chi connectivity index (χ3v) is 4.52. The molecule has 24 heavy (non-hydrogen) atoms. The van der Waals surface area contributed by atoms with E-state index in [1.165, 1.54) is 18.2 Å². The van der Waals surface area contributed by atoms with E-state index in [2.05, 4.69) is 21.2 Å². The van der Waals surface area contributed by atoms with Crippen LogP contribution in [0.5, 0.6) is 5.75 Å². The van der Waals surface area contributed by atoms with E-state index in [4.69, 9.17) is 4.74 Å². The van der Waals surface area contributed by atoms with Crippen molar-refractivity contribution in [2.24, 2.45) is 0 Å². The third-order valence-electron chi connectivity index (χ3n) is 3.90. The summed E-state index contributed by atoms with van der Waals surface area (Å²) in [6.07, 6.45) is -1.82. The fraction of sp³-hybridized carbons (Fsp3) is 0.562. The highest BCUT2D eigenvalue weighted by Crippen LogP contribution is 2.26. The molecule has 1 unspecified atom stereocenters. The number of carbonyl (C=O) groups is 1. The summed E-state index contributed by atoms with van der Waals surface area (Å²) in [5.74, 6) is -0.300. The maximum atomic E-state index is 13.0. The molecule has 0 aliphatic carbocycles. The molecule has 0 aromatic heterocycles. The maximum absolute atomic E-state index is 13.0. The van der Waals surface area contributed by atoms with Crippen LogP contribution >= 0.6 is 15.9 Å². The van der Waals surface area contributed by atoms with Gasteiger partial charge < -0.3 is 10.1 Å². The fourth-order valence-electron chi connectivity index (χ4n) is 2.59. The number of rotatable bonds is 6. The highest BCUT2D eigenvalue weighted by Gasteiger charge is 2.25. The topological polar surface area (TPSA) is 41.6 Å². The number of benzene rings is 1. The van der Waals surface area contributed by atoms with Crippen LogP contribution in [0.2, 0.25) is 0 Å². The quantitative estimate of drug-likeness (QED) is 0.785. The van der Waals surface area contributed by atoms with Crippen molar-refractivity contribution in [3.05, 3.63) is 28.5 Å². The van der Waals surface area contributed by atoms with Crippen LogP contribution < -0.4 is 10.1 Å². The molecule has 0 radical (unpaired) electrons. The van der Waals surface area contributed by atoms with Gasteiger partial charge >= 0.3 is 0 Å². The summed E-state index contributed by atoms with van der Waals surface area (Å²) >= 11 is 3.19. The first-order valence-corrected chi connectivity index (χ1v) is 8.57. The standard InChI is InChI=1S/C16H20BrF3N2O2/c1-10(24-14-3-2-11(18)8-13(14)17)16(23)21-12-4-6-22(7-5-12)9-15(19)20/h2-3,8,10,12,15H,4-7,9H2,1H3,(H,21,23). The van der Waals surface area contributed by atoms with Crippen LogP contribution in [0.25, 0.3) is 0 Å². The lowest BCUT2D eigenvalue weighted by atomic mass is 10.0. The van der Waals surface area contributed by atoms with Crippen LogP contribution in [-0.4, -0.2) is 49.0 Å². The minimum atomic E-state index is -2.33. The van der Waals surface area contributed by atoms with Crippen molar-refractivity contribution in [1.82, 2.24) is 10.2 Å². The highest BCUT2D eigenvalue weighted by molar-refractivity contribution is 9.10. The molecule has 1 aromatic rings. The molecule has 1 fully saturated rings. The molecule has 1 aromatic carbocycles. The van der Waals surface area contributed by atoms with Crippen LogP contribution in [0.4, 0.5) is 13.2 Å². The first kappa shape index (κ1) is 19.1. The molecular weight excluding hydrogens is 389 g/mol. The predicted octanol–water partition coefficient (Wildman–Crippen LogP) is 3.20. The number of nitrogens with one attached hydrogen (secondary N) is 1. The second kappa shape index (κ2) is 8.71. The largest absolute Gasteiger partial charge is 0.480 e. The molecule has 1 heterocycles. The Morgan fingerprint density at radius 1 is 1.42 bits per heavy atom. The SMILES string of the molecule is CC(Oc1ccc(F)cc1Br)C(=O)NC1CCN(CC(F)F)CC1. The number of halogens is 4. The molecule has 0 saturated carbocycles. The number of hydrogen-bond acceptors (Lipinski definition) is 3. The molecule has 0 spiro atoms. The van der Waals surface area contributed by atoms with Gasteiger partial charge in [0.05, 0.1) is 11.0 Å². The lowest BCUT2D eigenvalue weighted by Gasteiger charge is -2.32. The van der Waals surface area contributed by atoms with Crippen molar-refractivity contribution < 1.29 is 22.7 Å². The van der Waals surface area contributed by atoms with Gasteiger partial charge in [-0.1, -0.05) is 0 Å². The van der Waals surface area contributed by atoms with Gasteiger partial charge in [-0.15, -0.1) is 0 Å². The Labute approximate surface area is 147 Å². The molecule has 1 N–H and O–H groups in total. The van der Waals surface area contributed by atoms with Crippen molar-refractivity contribution in [3.63, 3.8) is 0 Å². The third kappa shape index (κ3) is 5.66. The first-order valence-electron chi connectivity index (χ1n) is 7.77. The summed E-state index contributed by atoms with van der Waals surface area (Å²) in [4.78, 5) is 13.9. The Kier molecular flexibility index (Phi) is 6.91. The zero-order chi connectivity index (χ0) is 17.7. The summed E-state index contributed by atoms with van der Waals surface area (Å²) in [7, 11) is 0. The van der Waals surface area contributed by atoms with Crippen molar-refractivity contribution in [2.45, 2.75) is 38.3 Å². The zero-order valence-corrected chi connectivity index (χ0v) is 14.9. The Balaban J connectivity index is 1.80. The van der Waals surface area contributed by atoms with Gasteiger partial charge in [0.25, 0.3) is 12.3 Å². The van der Waals surface area contributed by atoms with E-state index >= 15 is 0 Å². The first-order chi connectivity index (χ1) is 11.3. The van der Waals surface area contributed by atoms with E-state index in [0.29, 0.717) is 36.2 Å². The second-order valence-corrected chi connectivity index (χ2v) is 6.66. The summed E-state index contributed by atoms with van der Waals surface area (Å²) in [5.41, 5.74) is 0. The molecule has 0 bridgehead atoms. The molecule has 8 heteroatoms. The highest BCUT2D eigenvalue weighted by atomic mass is 79.9. The van der Waals surface area contributed by atoms with Crippen molar-refractivity contribution in [1.29, 1.82) is 0 Å². The Morgan fingerprint density at radius 2 is 2.08 bits per heavy atom. The van der Waals surface area contributed by atoms with E-state index in [1.807, 2.05) is 0 Å². The van der Waals surface area contributed by atoms with E-state index in [-0.39, 0.29) is 18.5 Å². The summed E-state index contributed by atoms with van der Waals surface area (Å²) in [5, 5.41) is 2.88. The lowest BCUT2D eigenvalue weighted by Crippen LogP contribution is -2.48. The molecule has 1 aliphatic heterocycles. The number of ether oxygens (including phenoxy) is 1. The number of amides is 1. The average molecular weight is 409 g/mol. The fourth-order valence-corrected chi connectivity index (χ4v) is 3.03. The van der Waals surface area contributed by atoms with Crippen LogP contribution in [0.15, 0.2) is 22.7 Å². The molecule has 4 nitrogen and oxygen atoms in total. The predicted molar refractivity (Wildman–Crippen MR) is 87.8 cm³/mol. The summed E-state index contributed by atoms with van der Waals surface area (Å²) in [6.45, 7) is 2.46. The van der Waals surface area contributed by atoms with Gasteiger partial charge in [0.15, 0.2) is 6.10 Å². The maximum Gasteiger partial charge on any atom is 0.260 e. The zero-order valence-electron chi connectivity index (χ0n) is 13.3. The second-order valence-electron chi connectivity index (χ2n) is 5.81. The molecular formula is C16H20BrF3N2O2. The smallest absolute Gasteiger partial charge is 0.260 e. The van der Waals surface area contributed by atoms with E-state index in [0.717, 1.165) is 0 Å². The molecule has 1 atom stereocenters. The van der Waals surface area contributed by atoms with Crippen molar-refractivity contribution >= 4 is 21.8 Å². The van der Waals surface area contributed by atoms with Crippen LogP contribution in [0, 0.1) is 5.82 Å². The number of carbonyl (C=O) groups excluding carboxylic acids is 1. The van der Waals surface area contributed by atoms with Crippen LogP contribution in [0.3, 0.4) is 0 Å². The molecule has 1 saturated heterocycles. The molecule has 1 amide bonds. The Bertz CT molecular complexity index is 566. The van der Waals surface area contributed by atoms with Crippen LogP contribution in [-0.2, 0) is 4.79 Å². The number of likely N-dealkylation sites (tertiary alicyclic amines) is 1. The van der Waals surface area contributed by atoms with Gasteiger partial charge in [0, 0.05) is 19.1 Å². The van der Waals surface area contributed by atoms with Gasteiger partial charge in [0.1, 0.15) is 11.6 Å². The summed E-state index contributed by atoms with van der Waals surface area (Å²) < 4.78 is 43.7. The van der Waals surface area contributed by atoms with Crippen LogP contribution in [0.1, 0.15) is 19.8 Å².